The van der Waals surface area contributed by atoms with Crippen molar-refractivity contribution >= 4 is 34.8 Å². The topological polar surface area (TPSA) is 55.6 Å². The van der Waals surface area contributed by atoms with Crippen molar-refractivity contribution in [3.05, 3.63) is 52.0 Å². The molecular formula is C15H14Cl2N2O2. The van der Waals surface area contributed by atoms with Gasteiger partial charge in [-0.2, -0.15) is 0 Å². The van der Waals surface area contributed by atoms with Crippen LogP contribution in [0.25, 0.3) is 0 Å². The highest BCUT2D eigenvalue weighted by molar-refractivity contribution is 6.42. The second-order valence-electron chi connectivity index (χ2n) is 4.63. The number of halogens is 2. The van der Waals surface area contributed by atoms with Crippen molar-refractivity contribution in [2.75, 3.05) is 19.8 Å². The third-order valence-electron chi connectivity index (χ3n) is 2.79. The summed E-state index contributed by atoms with van der Waals surface area (Å²) < 4.78 is 5.68. The van der Waals surface area contributed by atoms with Gasteiger partial charge in [-0.3, -0.25) is 4.79 Å². The van der Waals surface area contributed by atoms with Crippen LogP contribution in [0, 0.1) is 0 Å². The summed E-state index contributed by atoms with van der Waals surface area (Å²) in [6.07, 6.45) is 0. The van der Waals surface area contributed by atoms with Crippen molar-refractivity contribution in [2.24, 2.45) is 0 Å². The fraction of sp³-hybridized carbons (Fsp3) is 0.133. The van der Waals surface area contributed by atoms with Crippen molar-refractivity contribution in [3.63, 3.8) is 0 Å². The van der Waals surface area contributed by atoms with Gasteiger partial charge < -0.3 is 15.4 Å². The van der Waals surface area contributed by atoms with Gasteiger partial charge in [-0.05, 0) is 30.3 Å². The Labute approximate surface area is 133 Å². The lowest BCUT2D eigenvalue weighted by atomic mass is 10.1. The van der Waals surface area contributed by atoms with E-state index in [4.69, 9.17) is 33.7 Å². The largest absolute Gasteiger partial charge is 0.455 e. The Morgan fingerprint density at radius 3 is 2.43 bits per heavy atom. The summed E-state index contributed by atoms with van der Waals surface area (Å²) >= 11 is 11.8. The molecule has 0 saturated heterocycles. The molecule has 21 heavy (non-hydrogen) atoms. The molecule has 2 aromatic rings. The Kier molecular flexibility index (Phi) is 4.60. The molecular weight excluding hydrogens is 311 g/mol. The van der Waals surface area contributed by atoms with Crippen molar-refractivity contribution in [3.8, 4) is 11.5 Å². The monoisotopic (exact) mass is 324 g/mol. The number of amides is 1. The molecule has 0 radical (unpaired) electrons. The highest BCUT2D eigenvalue weighted by Gasteiger charge is 2.12. The summed E-state index contributed by atoms with van der Waals surface area (Å²) in [6.45, 7) is 0. The second kappa shape index (κ2) is 6.24. The summed E-state index contributed by atoms with van der Waals surface area (Å²) in [5.74, 6) is 0.751. The molecule has 0 spiro atoms. The number of hydrogen-bond donors (Lipinski definition) is 1. The maximum Gasteiger partial charge on any atom is 0.253 e. The van der Waals surface area contributed by atoms with Gasteiger partial charge >= 0.3 is 0 Å². The van der Waals surface area contributed by atoms with Gasteiger partial charge in [-0.1, -0.05) is 23.2 Å². The van der Waals surface area contributed by atoms with Crippen LogP contribution >= 0.6 is 23.2 Å². The minimum Gasteiger partial charge on any atom is -0.455 e. The van der Waals surface area contributed by atoms with E-state index in [1.807, 2.05) is 0 Å². The maximum atomic E-state index is 12.0. The zero-order chi connectivity index (χ0) is 15.6. The third-order valence-corrected chi connectivity index (χ3v) is 3.52. The van der Waals surface area contributed by atoms with Crippen molar-refractivity contribution < 1.29 is 9.53 Å². The average Bonchev–Trinajstić information content (AvgIpc) is 2.44. The van der Waals surface area contributed by atoms with E-state index < -0.39 is 0 Å². The SMILES string of the molecule is CN(C)C(=O)c1ccc(N)c(Oc2ccc(Cl)c(Cl)c2)c1. The van der Waals surface area contributed by atoms with Gasteiger partial charge in [-0.25, -0.2) is 0 Å². The van der Waals surface area contributed by atoms with Crippen molar-refractivity contribution in [2.45, 2.75) is 0 Å². The fourth-order valence-corrected chi connectivity index (χ4v) is 1.97. The molecule has 4 nitrogen and oxygen atoms in total. The molecule has 0 aromatic heterocycles. The molecule has 0 heterocycles. The Balaban J connectivity index is 2.32. The highest BCUT2D eigenvalue weighted by Crippen LogP contribution is 2.32. The normalized spacial score (nSPS) is 10.3. The number of anilines is 1. The minimum absolute atomic E-state index is 0.131. The molecule has 2 N–H and O–H groups in total. The van der Waals surface area contributed by atoms with Crippen molar-refractivity contribution in [1.82, 2.24) is 4.90 Å². The number of nitrogen functional groups attached to an aromatic ring is 1. The lowest BCUT2D eigenvalue weighted by Gasteiger charge is -2.13. The van der Waals surface area contributed by atoms with E-state index in [-0.39, 0.29) is 5.91 Å². The number of nitrogens with two attached hydrogens (primary N) is 1. The summed E-state index contributed by atoms with van der Waals surface area (Å²) in [5.41, 5.74) is 6.79. The van der Waals surface area contributed by atoms with E-state index in [1.165, 1.54) is 4.90 Å². The fourth-order valence-electron chi connectivity index (χ4n) is 1.68. The third kappa shape index (κ3) is 3.60. The lowest BCUT2D eigenvalue weighted by Crippen LogP contribution is -2.21. The first-order valence-corrected chi connectivity index (χ1v) is 6.88. The number of benzene rings is 2. The number of rotatable bonds is 3. The first-order valence-electron chi connectivity index (χ1n) is 6.12. The highest BCUT2D eigenvalue weighted by atomic mass is 35.5. The summed E-state index contributed by atoms with van der Waals surface area (Å²) in [6, 6.07) is 9.77. The van der Waals surface area contributed by atoms with Crippen LogP contribution in [0.2, 0.25) is 10.0 Å². The molecule has 0 unspecified atom stereocenters. The Morgan fingerprint density at radius 1 is 1.10 bits per heavy atom. The molecule has 0 saturated carbocycles. The predicted octanol–water partition coefficient (Wildman–Crippen LogP) is 4.07. The molecule has 0 atom stereocenters. The molecule has 6 heteroatoms. The van der Waals surface area contributed by atoms with Crippen LogP contribution in [-0.4, -0.2) is 24.9 Å². The molecule has 110 valence electrons. The maximum absolute atomic E-state index is 12.0. The molecule has 0 aliphatic rings. The minimum atomic E-state index is -0.131. The quantitative estimate of drug-likeness (QED) is 0.866. The van der Waals surface area contributed by atoms with E-state index in [9.17, 15) is 4.79 Å². The lowest BCUT2D eigenvalue weighted by molar-refractivity contribution is 0.0827. The predicted molar refractivity (Wildman–Crippen MR) is 85.4 cm³/mol. The van der Waals surface area contributed by atoms with Crippen LogP contribution in [0.1, 0.15) is 10.4 Å². The van der Waals surface area contributed by atoms with E-state index in [0.717, 1.165) is 0 Å². The second-order valence-corrected chi connectivity index (χ2v) is 5.44. The number of hydrogen-bond acceptors (Lipinski definition) is 3. The molecule has 2 rings (SSSR count). The summed E-state index contributed by atoms with van der Waals surface area (Å²) in [4.78, 5) is 13.4. The average molecular weight is 325 g/mol. The zero-order valence-corrected chi connectivity index (χ0v) is 13.1. The van der Waals surface area contributed by atoms with Crippen LogP contribution in [-0.2, 0) is 0 Å². The van der Waals surface area contributed by atoms with Gasteiger partial charge in [0.1, 0.15) is 5.75 Å². The van der Waals surface area contributed by atoms with Gasteiger partial charge in [0.15, 0.2) is 5.75 Å². The van der Waals surface area contributed by atoms with Gasteiger partial charge in [0.05, 0.1) is 15.7 Å². The number of carbonyl (C=O) groups is 1. The van der Waals surface area contributed by atoms with Gasteiger partial charge in [0, 0.05) is 25.7 Å². The molecule has 2 aromatic carbocycles. The summed E-state index contributed by atoms with van der Waals surface area (Å²) in [5, 5.41) is 0.821. The van der Waals surface area contributed by atoms with E-state index in [0.29, 0.717) is 32.8 Å². The number of nitrogens with zero attached hydrogens (tertiary/aromatic N) is 1. The molecule has 0 bridgehead atoms. The first-order chi connectivity index (χ1) is 9.88. The van der Waals surface area contributed by atoms with E-state index >= 15 is 0 Å². The van der Waals surface area contributed by atoms with Crippen LogP contribution in [0.5, 0.6) is 11.5 Å². The van der Waals surface area contributed by atoms with Crippen LogP contribution < -0.4 is 10.5 Å². The van der Waals surface area contributed by atoms with E-state index in [1.54, 1.807) is 50.5 Å². The Morgan fingerprint density at radius 2 is 1.81 bits per heavy atom. The van der Waals surface area contributed by atoms with Crippen LogP contribution in [0.3, 0.4) is 0 Å². The van der Waals surface area contributed by atoms with Gasteiger partial charge in [-0.15, -0.1) is 0 Å². The number of ether oxygens (including phenoxy) is 1. The van der Waals surface area contributed by atoms with E-state index in [2.05, 4.69) is 0 Å². The Bertz CT molecular complexity index is 687. The standard InChI is InChI=1S/C15H14Cl2N2O2/c1-19(2)15(20)9-3-6-13(18)14(7-9)21-10-4-5-11(16)12(17)8-10/h3-8H,18H2,1-2H3. The van der Waals surface area contributed by atoms with Crippen LogP contribution in [0.4, 0.5) is 5.69 Å². The summed E-state index contributed by atoms with van der Waals surface area (Å²) in [7, 11) is 3.36. The smallest absolute Gasteiger partial charge is 0.253 e. The van der Waals surface area contributed by atoms with Gasteiger partial charge in [0.25, 0.3) is 5.91 Å². The molecule has 0 aliphatic heterocycles. The van der Waals surface area contributed by atoms with Crippen molar-refractivity contribution in [1.29, 1.82) is 0 Å². The number of carbonyl (C=O) groups excluding carboxylic acids is 1. The van der Waals surface area contributed by atoms with Crippen LogP contribution in [0.15, 0.2) is 36.4 Å². The molecule has 0 fully saturated rings. The Hall–Kier alpha value is -1.91. The molecule has 0 aliphatic carbocycles. The zero-order valence-electron chi connectivity index (χ0n) is 11.6. The molecule has 1 amide bonds. The first kappa shape index (κ1) is 15.5. The van der Waals surface area contributed by atoms with Gasteiger partial charge in [0.2, 0.25) is 0 Å².